The molecule has 0 aliphatic carbocycles. The third-order valence-electron chi connectivity index (χ3n) is 1.83. The first kappa shape index (κ1) is 11.8. The van der Waals surface area contributed by atoms with Gasteiger partial charge in [-0.05, 0) is 24.2 Å². The Morgan fingerprint density at radius 3 is 2.33 bits per heavy atom. The molecule has 0 unspecified atom stereocenters. The highest BCUT2D eigenvalue weighted by Gasteiger charge is 2.08. The number of rotatable bonds is 4. The number of nitrogens with one attached hydrogen (secondary N) is 1. The summed E-state index contributed by atoms with van der Waals surface area (Å²) in [7, 11) is 0. The van der Waals surface area contributed by atoms with Crippen LogP contribution in [0.25, 0.3) is 6.08 Å². The molecule has 0 bridgehead atoms. The number of benzene rings is 1. The van der Waals surface area contributed by atoms with Gasteiger partial charge in [-0.2, -0.15) is 0 Å². The molecule has 0 saturated carbocycles. The maximum absolute atomic E-state index is 12.8. The maximum Gasteiger partial charge on any atom is 0.194 e. The molecule has 1 aromatic rings. The molecule has 0 spiro atoms. The molecule has 0 saturated heterocycles. The van der Waals surface area contributed by atoms with E-state index in [1.54, 1.807) is 6.08 Å². The van der Waals surface area contributed by atoms with Crippen molar-refractivity contribution in [2.24, 2.45) is 0 Å². The molecule has 1 nitrogen and oxygen atoms in total. The Labute approximate surface area is 86.6 Å². The van der Waals surface area contributed by atoms with Crippen molar-refractivity contribution < 1.29 is 13.2 Å². The van der Waals surface area contributed by atoms with Gasteiger partial charge in [0.2, 0.25) is 0 Å². The van der Waals surface area contributed by atoms with Crippen molar-refractivity contribution in [3.05, 3.63) is 41.2 Å². The molecule has 0 amide bonds. The highest BCUT2D eigenvalue weighted by atomic mass is 19.2. The second kappa shape index (κ2) is 5.56. The summed E-state index contributed by atoms with van der Waals surface area (Å²) in [5.41, 5.74) is 0.310. The SMILES string of the molecule is CCNCC=Cc1cc(F)c(F)c(F)c1. The van der Waals surface area contributed by atoms with Crippen molar-refractivity contribution in [1.29, 1.82) is 0 Å². The predicted octanol–water partition coefficient (Wildman–Crippen LogP) is 2.73. The Hall–Kier alpha value is -1.29. The molecule has 15 heavy (non-hydrogen) atoms. The summed E-state index contributed by atoms with van der Waals surface area (Å²) in [6, 6.07) is 1.92. The van der Waals surface area contributed by atoms with E-state index in [0.29, 0.717) is 12.1 Å². The second-order valence-corrected chi connectivity index (χ2v) is 3.01. The Morgan fingerprint density at radius 2 is 1.80 bits per heavy atom. The second-order valence-electron chi connectivity index (χ2n) is 3.01. The Kier molecular flexibility index (Phi) is 4.37. The van der Waals surface area contributed by atoms with Gasteiger partial charge < -0.3 is 5.32 Å². The lowest BCUT2D eigenvalue weighted by Gasteiger charge is -1.98. The summed E-state index contributed by atoms with van der Waals surface area (Å²) in [4.78, 5) is 0. The van der Waals surface area contributed by atoms with Crippen LogP contribution in [0.15, 0.2) is 18.2 Å². The first-order valence-electron chi connectivity index (χ1n) is 4.67. The summed E-state index contributed by atoms with van der Waals surface area (Å²) in [6.45, 7) is 3.37. The van der Waals surface area contributed by atoms with Crippen molar-refractivity contribution in [2.45, 2.75) is 6.92 Å². The zero-order chi connectivity index (χ0) is 11.3. The van der Waals surface area contributed by atoms with Crippen LogP contribution in [-0.4, -0.2) is 13.1 Å². The molecule has 1 rings (SSSR count). The van der Waals surface area contributed by atoms with E-state index < -0.39 is 17.5 Å². The molecule has 1 N–H and O–H groups in total. The Balaban J connectivity index is 2.74. The van der Waals surface area contributed by atoms with Gasteiger partial charge in [0.05, 0.1) is 0 Å². The average Bonchev–Trinajstić information content (AvgIpc) is 2.21. The van der Waals surface area contributed by atoms with Crippen molar-refractivity contribution in [3.63, 3.8) is 0 Å². The molecular weight excluding hydrogens is 203 g/mol. The minimum atomic E-state index is -1.43. The van der Waals surface area contributed by atoms with Gasteiger partial charge in [0, 0.05) is 6.54 Å². The standard InChI is InChI=1S/C11H12F3N/c1-2-15-5-3-4-8-6-9(12)11(14)10(13)7-8/h3-4,6-7,15H,2,5H2,1H3. The smallest absolute Gasteiger partial charge is 0.194 e. The van der Waals surface area contributed by atoms with Crippen molar-refractivity contribution in [1.82, 2.24) is 5.32 Å². The fraction of sp³-hybridized carbons (Fsp3) is 0.273. The van der Waals surface area contributed by atoms with E-state index in [-0.39, 0.29) is 0 Å². The van der Waals surface area contributed by atoms with Crippen LogP contribution in [0, 0.1) is 17.5 Å². The van der Waals surface area contributed by atoms with Gasteiger partial charge in [-0.15, -0.1) is 0 Å². The molecule has 0 aromatic heterocycles. The molecule has 0 radical (unpaired) electrons. The molecule has 1 aromatic carbocycles. The average molecular weight is 215 g/mol. The van der Waals surface area contributed by atoms with E-state index in [1.165, 1.54) is 6.08 Å². The quantitative estimate of drug-likeness (QED) is 0.601. The molecule has 0 aliphatic heterocycles. The number of hydrogen-bond donors (Lipinski definition) is 1. The zero-order valence-corrected chi connectivity index (χ0v) is 8.36. The highest BCUT2D eigenvalue weighted by Crippen LogP contribution is 2.14. The van der Waals surface area contributed by atoms with E-state index in [1.807, 2.05) is 6.92 Å². The maximum atomic E-state index is 12.8. The number of likely N-dealkylation sites (N-methyl/N-ethyl adjacent to an activating group) is 1. The normalized spacial score (nSPS) is 11.2. The molecular formula is C11H12F3N. The lowest BCUT2D eigenvalue weighted by Crippen LogP contribution is -2.11. The van der Waals surface area contributed by atoms with Gasteiger partial charge in [0.15, 0.2) is 17.5 Å². The fourth-order valence-corrected chi connectivity index (χ4v) is 1.09. The summed E-state index contributed by atoms with van der Waals surface area (Å²) < 4.78 is 38.1. The van der Waals surface area contributed by atoms with Crippen LogP contribution in [0.4, 0.5) is 13.2 Å². The molecule has 0 atom stereocenters. The van der Waals surface area contributed by atoms with E-state index in [4.69, 9.17) is 0 Å². The molecule has 4 heteroatoms. The first-order valence-corrected chi connectivity index (χ1v) is 4.67. The van der Waals surface area contributed by atoms with Crippen molar-refractivity contribution in [2.75, 3.05) is 13.1 Å². The third-order valence-corrected chi connectivity index (χ3v) is 1.83. The number of hydrogen-bond acceptors (Lipinski definition) is 1. The summed E-state index contributed by atoms with van der Waals surface area (Å²) in [5.74, 6) is -3.77. The highest BCUT2D eigenvalue weighted by molar-refractivity contribution is 5.49. The lowest BCUT2D eigenvalue weighted by atomic mass is 10.2. The molecule has 0 heterocycles. The third kappa shape index (κ3) is 3.40. The minimum absolute atomic E-state index is 0.310. The lowest BCUT2D eigenvalue weighted by molar-refractivity contribution is 0.447. The number of halogens is 3. The topological polar surface area (TPSA) is 12.0 Å². The van der Waals surface area contributed by atoms with Crippen molar-refractivity contribution in [3.8, 4) is 0 Å². The van der Waals surface area contributed by atoms with Crippen LogP contribution < -0.4 is 5.32 Å². The predicted molar refractivity (Wildman–Crippen MR) is 53.9 cm³/mol. The monoisotopic (exact) mass is 215 g/mol. The van der Waals surface area contributed by atoms with E-state index in [9.17, 15) is 13.2 Å². The fourth-order valence-electron chi connectivity index (χ4n) is 1.09. The Morgan fingerprint density at radius 1 is 1.20 bits per heavy atom. The molecule has 0 aliphatic rings. The molecule has 0 fully saturated rings. The van der Waals surface area contributed by atoms with Crippen LogP contribution in [0.3, 0.4) is 0 Å². The van der Waals surface area contributed by atoms with Gasteiger partial charge in [-0.25, -0.2) is 13.2 Å². The van der Waals surface area contributed by atoms with Crippen LogP contribution >= 0.6 is 0 Å². The van der Waals surface area contributed by atoms with Gasteiger partial charge in [0.1, 0.15) is 0 Å². The van der Waals surface area contributed by atoms with Crippen LogP contribution in [0.5, 0.6) is 0 Å². The van der Waals surface area contributed by atoms with E-state index in [2.05, 4.69) is 5.32 Å². The van der Waals surface area contributed by atoms with Crippen molar-refractivity contribution >= 4 is 6.08 Å². The van der Waals surface area contributed by atoms with Gasteiger partial charge in [-0.3, -0.25) is 0 Å². The van der Waals surface area contributed by atoms with Crippen LogP contribution in [0.2, 0.25) is 0 Å². The van der Waals surface area contributed by atoms with Gasteiger partial charge in [-0.1, -0.05) is 19.1 Å². The van der Waals surface area contributed by atoms with E-state index >= 15 is 0 Å². The summed E-state index contributed by atoms with van der Waals surface area (Å²) in [5, 5.41) is 3.01. The first-order chi connectivity index (χ1) is 7.15. The van der Waals surface area contributed by atoms with Crippen LogP contribution in [-0.2, 0) is 0 Å². The van der Waals surface area contributed by atoms with Gasteiger partial charge >= 0.3 is 0 Å². The van der Waals surface area contributed by atoms with E-state index in [0.717, 1.165) is 18.7 Å². The molecule has 82 valence electrons. The zero-order valence-electron chi connectivity index (χ0n) is 8.36. The van der Waals surface area contributed by atoms with Crippen LogP contribution in [0.1, 0.15) is 12.5 Å². The Bertz CT molecular complexity index is 338. The largest absolute Gasteiger partial charge is 0.314 e. The van der Waals surface area contributed by atoms with Gasteiger partial charge in [0.25, 0.3) is 0 Å². The summed E-state index contributed by atoms with van der Waals surface area (Å²) in [6.07, 6.45) is 3.25. The minimum Gasteiger partial charge on any atom is -0.314 e. The summed E-state index contributed by atoms with van der Waals surface area (Å²) >= 11 is 0.